The van der Waals surface area contributed by atoms with E-state index in [0.29, 0.717) is 55.7 Å². The third kappa shape index (κ3) is 53.3. The smallest absolute Gasteiger partial charge is 0.357 e. The van der Waals surface area contributed by atoms with E-state index in [2.05, 4.69) is 133 Å². The number of allylic oxidation sites excluding steroid dienone is 21. The number of nitrogens with one attached hydrogen (secondary N) is 1. The van der Waals surface area contributed by atoms with Crippen molar-refractivity contribution in [3.05, 3.63) is 234 Å². The molecule has 3 aromatic rings. The van der Waals surface area contributed by atoms with Crippen molar-refractivity contribution in [3.63, 3.8) is 0 Å². The molecule has 18 nitrogen and oxygen atoms in total. The van der Waals surface area contributed by atoms with Crippen LogP contribution in [0.1, 0.15) is 199 Å². The fourth-order valence-corrected chi connectivity index (χ4v) is 12.5. The fraction of sp³-hybridized carbons (Fsp3) is 0.489. The van der Waals surface area contributed by atoms with Gasteiger partial charge in [0.15, 0.2) is 5.69 Å². The molecule has 0 fully saturated rings. The molecule has 111 heavy (non-hydrogen) atoms. The first kappa shape index (κ1) is 102. The molecule has 0 amide bonds. The third-order valence-electron chi connectivity index (χ3n) is 16.3. The van der Waals surface area contributed by atoms with E-state index in [1.807, 2.05) is 125 Å². The zero-order valence-electron chi connectivity index (χ0n) is 70.3. The average molecular weight is 1640 g/mol. The minimum absolute atomic E-state index is 0. The number of imidazole rings is 1. The van der Waals surface area contributed by atoms with Crippen molar-refractivity contribution in [2.45, 2.75) is 218 Å². The van der Waals surface area contributed by atoms with Crippen LogP contribution in [-0.2, 0) is 108 Å². The number of aliphatic hydroxyl groups is 1. The maximum atomic E-state index is 12.6. The molecule has 0 aromatic carbocycles. The number of thiazole rings is 2. The third-order valence-corrected chi connectivity index (χ3v) is 18.1. The number of cyclic esters (lactones) is 2. The number of aromatic amines is 1. The van der Waals surface area contributed by atoms with E-state index in [-0.39, 0.29) is 62.5 Å². The van der Waals surface area contributed by atoms with Crippen LogP contribution in [0.15, 0.2) is 195 Å². The van der Waals surface area contributed by atoms with Crippen molar-refractivity contribution >= 4 is 58.6 Å². The second-order valence-electron chi connectivity index (χ2n) is 29.9. The van der Waals surface area contributed by atoms with Crippen molar-refractivity contribution in [1.82, 2.24) is 34.6 Å². The van der Waals surface area contributed by atoms with Gasteiger partial charge in [-0.15, -0.1) is 41.7 Å². The number of aryl methyl sites for hydroxylation is 2. The summed E-state index contributed by atoms with van der Waals surface area (Å²) in [5, 5.41) is 15.1. The number of fused-ring (bicyclic) bond motifs is 2. The molecule has 4 heterocycles. The van der Waals surface area contributed by atoms with Gasteiger partial charge in [-0.1, -0.05) is 131 Å². The van der Waals surface area contributed by atoms with Gasteiger partial charge in [0.05, 0.1) is 28.4 Å². The monoisotopic (exact) mass is 1640 g/mol. The van der Waals surface area contributed by atoms with Gasteiger partial charge < -0.3 is 48.5 Å². The maximum absolute atomic E-state index is 12.6. The summed E-state index contributed by atoms with van der Waals surface area (Å²) < 4.78 is 22.0. The number of likely N-dealkylation sites (N-methyl/N-ethyl adjacent to an activating group) is 3. The van der Waals surface area contributed by atoms with Crippen LogP contribution in [0, 0.1) is 11.8 Å². The van der Waals surface area contributed by atoms with E-state index in [9.17, 15) is 33.9 Å². The average Bonchev–Trinajstić information content (AvgIpc) is 1.83. The van der Waals surface area contributed by atoms with Gasteiger partial charge in [0.1, 0.15) is 29.9 Å². The predicted octanol–water partition coefficient (Wildman–Crippen LogP) is 18.1. The number of carbonyl (C=O) groups excluding carboxylic acids is 6. The minimum atomic E-state index is -0.568. The molecule has 1 radical (unpaired) electrons. The van der Waals surface area contributed by atoms with Crippen molar-refractivity contribution in [2.75, 3.05) is 68.5 Å². The van der Waals surface area contributed by atoms with Gasteiger partial charge in [-0.3, -0.25) is 9.59 Å². The van der Waals surface area contributed by atoms with Gasteiger partial charge in [0.2, 0.25) is 0 Å². The number of esters is 4. The largest absolute Gasteiger partial charge is 0.462 e. The van der Waals surface area contributed by atoms with Crippen molar-refractivity contribution in [3.8, 4) is 0 Å². The summed E-state index contributed by atoms with van der Waals surface area (Å²) in [5.74, 6) is -0.473. The molecule has 0 unspecified atom stereocenters. The minimum Gasteiger partial charge on any atom is -0.462 e. The van der Waals surface area contributed by atoms with E-state index in [1.165, 1.54) is 46.3 Å². The number of Topliss-reactive ketones (excluding diaryl/α,β-unsaturated/α-hetero) is 1. The predicted molar refractivity (Wildman–Crippen MR) is 454 cm³/mol. The number of ketones is 1. The van der Waals surface area contributed by atoms with Gasteiger partial charge in [0.25, 0.3) is 0 Å². The van der Waals surface area contributed by atoms with Crippen LogP contribution in [0.25, 0.3) is 0 Å². The van der Waals surface area contributed by atoms with Crippen LogP contribution in [0.4, 0.5) is 0 Å². The number of unbranched alkanes of at least 4 members (excludes halogenated alkanes) is 1. The van der Waals surface area contributed by atoms with Crippen LogP contribution in [0.2, 0.25) is 0 Å². The number of hydrogen-bond acceptors (Lipinski definition) is 19. The summed E-state index contributed by atoms with van der Waals surface area (Å²) >= 11 is 3.04. The molecule has 0 aliphatic carbocycles. The second-order valence-corrected chi connectivity index (χ2v) is 31.7. The Hall–Kier alpha value is -7.40. The zero-order valence-corrected chi connectivity index (χ0v) is 74.8. The van der Waals surface area contributed by atoms with Crippen LogP contribution in [-0.4, -0.2) is 169 Å². The molecule has 2 N–H and O–H groups in total. The molecule has 1 aliphatic heterocycles. The number of ether oxygens (including phenoxy) is 4. The van der Waals surface area contributed by atoms with Gasteiger partial charge in [-0.05, 0) is 200 Å². The Kier molecular flexibility index (Phi) is 53.5. The summed E-state index contributed by atoms with van der Waals surface area (Å²) in [7, 11) is 12.2. The first-order chi connectivity index (χ1) is 52.1. The summed E-state index contributed by atoms with van der Waals surface area (Å²) in [4.78, 5) is 95.3. The van der Waals surface area contributed by atoms with Crippen LogP contribution < -0.4 is 0 Å². The summed E-state index contributed by atoms with van der Waals surface area (Å²) in [6, 6.07) is 0. The summed E-state index contributed by atoms with van der Waals surface area (Å²) in [5.41, 5.74) is 12.2. The van der Waals surface area contributed by atoms with E-state index in [4.69, 9.17) is 23.9 Å². The first-order valence-electron chi connectivity index (χ1n) is 38.2. The number of hydrogen-bond donors (Lipinski definition) is 2. The number of aromatic nitrogens is 4. The van der Waals surface area contributed by atoms with Gasteiger partial charge in [-0.2, -0.15) is 11.6 Å². The Morgan fingerprint density at radius 1 is 0.766 bits per heavy atom. The molecule has 3 aromatic heterocycles. The molecule has 4 rings (SSSR count). The molecule has 2 bridgehead atoms. The molecule has 0 saturated heterocycles. The normalized spacial score (nSPS) is 17.5. The number of carbonyl (C=O) groups is 5. The van der Waals surface area contributed by atoms with Crippen LogP contribution in [0.3, 0.4) is 0 Å². The maximum Gasteiger partial charge on any atom is 0.357 e. The summed E-state index contributed by atoms with van der Waals surface area (Å²) in [6.45, 7) is 30.7. The molecule has 4 atom stereocenters. The zero-order chi connectivity index (χ0) is 82.0. The number of aliphatic hydroxyl groups excluding tert-OH is 1. The topological polar surface area (TPSA) is 224 Å². The fourth-order valence-electron chi connectivity index (χ4n) is 10.9. The number of H-pyrrole nitrogens is 1. The van der Waals surface area contributed by atoms with E-state index in [1.54, 1.807) is 61.2 Å². The molecule has 21 heteroatoms. The second kappa shape index (κ2) is 58.5. The van der Waals surface area contributed by atoms with Crippen LogP contribution in [0.5, 0.6) is 0 Å². The molecular formula is C90H129N7O11S2Y-2. The van der Waals surface area contributed by atoms with E-state index < -0.39 is 36.2 Å². The number of nitrogens with zero attached hydrogens (tertiary/aromatic N) is 6. The molecule has 0 saturated carbocycles. The van der Waals surface area contributed by atoms with E-state index >= 15 is 0 Å². The van der Waals surface area contributed by atoms with Gasteiger partial charge >= 0.3 is 23.9 Å². The van der Waals surface area contributed by atoms with Crippen molar-refractivity contribution in [1.29, 1.82) is 0 Å². The molecule has 607 valence electrons. The molecule has 0 spiro atoms. The summed E-state index contributed by atoms with van der Waals surface area (Å²) in [6.07, 6.45) is 54.0. The Labute approximate surface area is 699 Å². The quantitative estimate of drug-likeness (QED) is 0.0137. The Morgan fingerprint density at radius 2 is 1.37 bits per heavy atom. The number of rotatable bonds is 37. The Balaban J connectivity index is 0.000000829. The standard InChI is InChI=1S/C32H46N2O2S.C30H43N3O4.C28H40N2O5S.Y/c1-26(18-19-27(2)20-21-34(6)7)14-12-17-31-33-29(25-37-31)15-8-9-16-30(36)24-32(4,5)23-28(3)13-10-11-22-35;1-22(16-17-33(5)6)14-15-24(3)19-27-20-28-31-21-26(32-28)11-7-8-12-29(34)36-25(4)18-23(2)10-9-13-30(35)37-27;1-8-34-28(33)25-19-36-26(29-25)18-24(17-22(4)13-12-20(2)14-15-30(6)7)35-27(32)11-9-10-21(3)16-23(5)31;/h10-14,18-20,25H,8-9,15-17,21,23-24H2,1-7H3;9-10,13-16,19,21,25,27H,7-8,11-12,17-18,20H2,1-6H3,(H,31,32);9-14,17,19,23-24,31H,8,15-16,18H2,1-7H3;/q-2;;;/b11-10-,19-18+,26-14+,27-20+,28-13+;13-9-,15-14+,22-16+,23-10+,24-19+;11-9-,13-12+,20-14+,21-10+,22-17+;/t;25-,27+;23-,24+;/m.00./s1. The van der Waals surface area contributed by atoms with Crippen molar-refractivity contribution < 1.29 is 85.5 Å². The van der Waals surface area contributed by atoms with Gasteiger partial charge in [0, 0.05) is 126 Å². The van der Waals surface area contributed by atoms with Crippen LogP contribution >= 0.6 is 22.7 Å². The molecular weight excluding hydrogens is 1510 g/mol. The Morgan fingerprint density at radius 3 is 1.99 bits per heavy atom. The first-order valence-corrected chi connectivity index (χ1v) is 40.0. The van der Waals surface area contributed by atoms with E-state index in [0.717, 1.165) is 127 Å². The Bertz CT molecular complexity index is 3810. The van der Waals surface area contributed by atoms with Gasteiger partial charge in [-0.25, -0.2) is 47.9 Å². The molecule has 1 aliphatic rings. The van der Waals surface area contributed by atoms with Crippen molar-refractivity contribution in [2.24, 2.45) is 5.41 Å². The SMILES string of the molecule is CC(/C=C/C(C)=C/CN(C)C)=C\[CH-]Cc1nc(CCCCC(=O)CC(C)(C)C/C(C)=C/C=C\[C-]=O)cs1.CC(/C=C/C(C)=C/[C@@H]1Cc2ncc([nH]2)CCCCC(=O)O[C@@H](C)C/C(C)=C/C=C\C(=O)O1)=C\CN(C)C.CCOC(=O)c1csc(C[C@@H](/C=C(C)/C=C/C(C)=C/CN(C)C)OC(=O)/C=C\C=C(/C)C[C@H](C)O)n1.[Y].